The fourth-order valence-electron chi connectivity index (χ4n) is 4.06. The molecule has 0 spiro atoms. The lowest BCUT2D eigenvalue weighted by atomic mass is 10.1. The molecule has 0 atom stereocenters. The lowest BCUT2D eigenvalue weighted by Crippen LogP contribution is -2.31. The monoisotopic (exact) mass is 514 g/mol. The quantitative estimate of drug-likeness (QED) is 0.291. The van der Waals surface area contributed by atoms with Gasteiger partial charge in [-0.3, -0.25) is 9.88 Å². The fraction of sp³-hybridized carbons (Fsp3) is 0.192. The number of hydrogen-bond donors (Lipinski definition) is 0. The molecule has 5 rings (SSSR count). The van der Waals surface area contributed by atoms with Crippen LogP contribution in [0.15, 0.2) is 67.0 Å². The van der Waals surface area contributed by atoms with Crippen LogP contribution < -0.4 is 0 Å². The zero-order chi connectivity index (χ0) is 24.6. The van der Waals surface area contributed by atoms with Gasteiger partial charge >= 0.3 is 6.18 Å². The lowest BCUT2D eigenvalue weighted by Gasteiger charge is -2.28. The number of rotatable bonds is 4. The van der Waals surface area contributed by atoms with Crippen LogP contribution in [0, 0.1) is 0 Å². The van der Waals surface area contributed by atoms with Gasteiger partial charge in [-0.15, -0.1) is 0 Å². The van der Waals surface area contributed by atoms with Crippen LogP contribution in [0.2, 0.25) is 10.0 Å². The van der Waals surface area contributed by atoms with E-state index in [4.69, 9.17) is 23.2 Å². The Morgan fingerprint density at radius 1 is 0.857 bits per heavy atom. The second-order valence-corrected chi connectivity index (χ2v) is 9.20. The number of fused-ring (bicyclic) bond motifs is 1. The average molecular weight is 515 g/mol. The first-order valence-corrected chi connectivity index (χ1v) is 11.7. The number of halogens is 5. The Bertz CT molecular complexity index is 1360. The first-order chi connectivity index (χ1) is 16.8. The maximum atomic E-state index is 12.8. The Balaban J connectivity index is 1.25. The topological polar surface area (TPSA) is 41.9 Å². The second kappa shape index (κ2) is 9.57. The molecule has 0 radical (unpaired) electrons. The van der Waals surface area contributed by atoms with E-state index in [1.807, 2.05) is 24.4 Å². The third-order valence-corrected chi connectivity index (χ3v) is 6.67. The zero-order valence-corrected chi connectivity index (χ0v) is 19.9. The SMILES string of the molecule is FC(F)(F)c1ccc(-c2ncc3c(n2)CCN(Cc2ccc(-c4ccc(Cl)c(Cl)c4)nc2)C3)cc1. The molecule has 178 valence electrons. The van der Waals surface area contributed by atoms with E-state index in [9.17, 15) is 13.2 Å². The molecule has 1 aliphatic rings. The molecule has 1 aliphatic heterocycles. The minimum absolute atomic E-state index is 0.438. The molecule has 2 aromatic heterocycles. The number of benzene rings is 2. The van der Waals surface area contributed by atoms with Gasteiger partial charge in [0.05, 0.1) is 27.0 Å². The Labute approximate surface area is 210 Å². The van der Waals surface area contributed by atoms with Crippen molar-refractivity contribution in [1.29, 1.82) is 0 Å². The predicted molar refractivity (Wildman–Crippen MR) is 130 cm³/mol. The van der Waals surface area contributed by atoms with Crippen LogP contribution in [0.3, 0.4) is 0 Å². The van der Waals surface area contributed by atoms with E-state index in [2.05, 4.69) is 19.9 Å². The van der Waals surface area contributed by atoms with Crippen LogP contribution in [0.4, 0.5) is 13.2 Å². The first-order valence-electron chi connectivity index (χ1n) is 10.9. The molecule has 0 fully saturated rings. The number of alkyl halides is 3. The minimum atomic E-state index is -4.36. The predicted octanol–water partition coefficient (Wildman–Crippen LogP) is 7.09. The van der Waals surface area contributed by atoms with Gasteiger partial charge in [0, 0.05) is 55.1 Å². The summed E-state index contributed by atoms with van der Waals surface area (Å²) in [6.45, 7) is 2.23. The molecule has 3 heterocycles. The van der Waals surface area contributed by atoms with E-state index < -0.39 is 11.7 Å². The maximum Gasteiger partial charge on any atom is 0.416 e. The number of aromatic nitrogens is 3. The summed E-state index contributed by atoms with van der Waals surface area (Å²) in [6.07, 6.45) is 0.00305. The van der Waals surface area contributed by atoms with Gasteiger partial charge < -0.3 is 0 Å². The van der Waals surface area contributed by atoms with Crippen molar-refractivity contribution in [3.8, 4) is 22.6 Å². The van der Waals surface area contributed by atoms with E-state index in [1.54, 1.807) is 18.3 Å². The molecule has 0 bridgehead atoms. The van der Waals surface area contributed by atoms with Crippen molar-refractivity contribution in [3.05, 3.63) is 99.4 Å². The highest BCUT2D eigenvalue weighted by molar-refractivity contribution is 6.42. The summed E-state index contributed by atoms with van der Waals surface area (Å²) in [5.74, 6) is 0.438. The highest BCUT2D eigenvalue weighted by Crippen LogP contribution is 2.31. The summed E-state index contributed by atoms with van der Waals surface area (Å²) in [5.41, 5.74) is 4.64. The minimum Gasteiger partial charge on any atom is -0.294 e. The van der Waals surface area contributed by atoms with Gasteiger partial charge in [0.1, 0.15) is 0 Å². The molecule has 0 saturated carbocycles. The molecule has 0 unspecified atom stereocenters. The van der Waals surface area contributed by atoms with E-state index >= 15 is 0 Å². The van der Waals surface area contributed by atoms with E-state index in [1.165, 1.54) is 12.1 Å². The zero-order valence-electron chi connectivity index (χ0n) is 18.4. The van der Waals surface area contributed by atoms with Gasteiger partial charge in [0.15, 0.2) is 5.82 Å². The second-order valence-electron chi connectivity index (χ2n) is 8.38. The summed E-state index contributed by atoms with van der Waals surface area (Å²) in [6, 6.07) is 14.4. The van der Waals surface area contributed by atoms with Crippen molar-refractivity contribution < 1.29 is 13.2 Å². The molecule has 4 nitrogen and oxygen atoms in total. The molecule has 0 N–H and O–H groups in total. The van der Waals surface area contributed by atoms with Gasteiger partial charge in [-0.1, -0.05) is 47.5 Å². The smallest absolute Gasteiger partial charge is 0.294 e. The van der Waals surface area contributed by atoms with Gasteiger partial charge in [0.2, 0.25) is 0 Å². The summed E-state index contributed by atoms with van der Waals surface area (Å²) in [7, 11) is 0. The van der Waals surface area contributed by atoms with Crippen molar-refractivity contribution >= 4 is 23.2 Å². The third-order valence-electron chi connectivity index (χ3n) is 5.93. The van der Waals surface area contributed by atoms with Gasteiger partial charge in [0.25, 0.3) is 0 Å². The first kappa shape index (κ1) is 23.7. The summed E-state index contributed by atoms with van der Waals surface area (Å²) in [5, 5.41) is 0.999. The normalized spacial score (nSPS) is 14.1. The van der Waals surface area contributed by atoms with Crippen LogP contribution in [-0.2, 0) is 25.7 Å². The molecule has 0 amide bonds. The van der Waals surface area contributed by atoms with Crippen molar-refractivity contribution in [2.75, 3.05) is 6.54 Å². The van der Waals surface area contributed by atoms with E-state index in [0.717, 1.165) is 59.7 Å². The third kappa shape index (κ3) is 5.32. The van der Waals surface area contributed by atoms with Crippen molar-refractivity contribution in [2.45, 2.75) is 25.7 Å². The van der Waals surface area contributed by atoms with Crippen LogP contribution in [-0.4, -0.2) is 26.4 Å². The highest BCUT2D eigenvalue weighted by atomic mass is 35.5. The molecule has 4 aromatic rings. The average Bonchev–Trinajstić information content (AvgIpc) is 2.85. The van der Waals surface area contributed by atoms with Crippen molar-refractivity contribution in [2.24, 2.45) is 0 Å². The standard InChI is InChI=1S/C26H19Cl2F3N4/c27-21-7-4-18(11-22(21)28)23-8-1-16(12-32-23)14-35-10-9-24-19(15-35)13-33-25(34-24)17-2-5-20(6-3-17)26(29,30)31/h1-8,11-13H,9-10,14-15H2. The summed E-state index contributed by atoms with van der Waals surface area (Å²) < 4.78 is 38.4. The number of nitrogens with zero attached hydrogens (tertiary/aromatic N) is 4. The summed E-state index contributed by atoms with van der Waals surface area (Å²) in [4.78, 5) is 15.9. The Hall–Kier alpha value is -3.00. The van der Waals surface area contributed by atoms with Gasteiger partial charge in [-0.25, -0.2) is 9.97 Å². The van der Waals surface area contributed by atoms with Gasteiger partial charge in [-0.05, 0) is 35.9 Å². The highest BCUT2D eigenvalue weighted by Gasteiger charge is 2.30. The summed E-state index contributed by atoms with van der Waals surface area (Å²) >= 11 is 12.1. The number of pyridine rings is 1. The molecule has 9 heteroatoms. The Morgan fingerprint density at radius 2 is 1.63 bits per heavy atom. The van der Waals surface area contributed by atoms with E-state index in [0.29, 0.717) is 28.0 Å². The van der Waals surface area contributed by atoms with Crippen molar-refractivity contribution in [3.63, 3.8) is 0 Å². The van der Waals surface area contributed by atoms with Crippen LogP contribution in [0.25, 0.3) is 22.6 Å². The van der Waals surface area contributed by atoms with Crippen LogP contribution in [0.5, 0.6) is 0 Å². The lowest BCUT2D eigenvalue weighted by molar-refractivity contribution is -0.137. The Morgan fingerprint density at radius 3 is 2.31 bits per heavy atom. The molecular weight excluding hydrogens is 496 g/mol. The van der Waals surface area contributed by atoms with Crippen molar-refractivity contribution in [1.82, 2.24) is 19.9 Å². The molecule has 0 saturated heterocycles. The number of hydrogen-bond acceptors (Lipinski definition) is 4. The molecule has 2 aromatic carbocycles. The van der Waals surface area contributed by atoms with Crippen LogP contribution in [0.1, 0.15) is 22.4 Å². The largest absolute Gasteiger partial charge is 0.416 e. The van der Waals surface area contributed by atoms with Gasteiger partial charge in [-0.2, -0.15) is 13.2 Å². The fourth-order valence-corrected chi connectivity index (χ4v) is 4.36. The maximum absolute atomic E-state index is 12.8. The Kier molecular flexibility index (Phi) is 6.49. The molecule has 35 heavy (non-hydrogen) atoms. The molecular formula is C26H19Cl2F3N4. The molecule has 0 aliphatic carbocycles. The van der Waals surface area contributed by atoms with Crippen LogP contribution >= 0.6 is 23.2 Å². The van der Waals surface area contributed by atoms with E-state index in [-0.39, 0.29) is 0 Å².